The third-order valence-electron chi connectivity index (χ3n) is 2.66. The third-order valence-corrected chi connectivity index (χ3v) is 3.48. The molecule has 0 radical (unpaired) electrons. The molecule has 0 unspecified atom stereocenters. The first-order valence-corrected chi connectivity index (χ1v) is 6.18. The van der Waals surface area contributed by atoms with Gasteiger partial charge in [0.25, 0.3) is 0 Å². The van der Waals surface area contributed by atoms with Crippen molar-refractivity contribution < 1.29 is 5.11 Å². The second-order valence-electron chi connectivity index (χ2n) is 3.83. The van der Waals surface area contributed by atoms with Crippen LogP contribution in [-0.2, 0) is 6.42 Å². The van der Waals surface area contributed by atoms with Crippen molar-refractivity contribution in [3.8, 4) is 5.75 Å². The molecule has 15 heavy (non-hydrogen) atoms. The first-order valence-electron chi connectivity index (χ1n) is 5.01. The molecule has 2 rings (SSSR count). The maximum Gasteiger partial charge on any atom is 0.133 e. The Bertz CT molecular complexity index is 412. The lowest BCUT2D eigenvalue weighted by Crippen LogP contribution is -1.89. The predicted octanol–water partition coefficient (Wildman–Crippen LogP) is 4.46. The standard InChI is InChI=1S/C12H12BrClO/c13-11-7-10(14)6-9(12(11)15)5-8-3-1-2-4-8/h3,6-7,15H,1-2,4-5H2. The van der Waals surface area contributed by atoms with E-state index in [9.17, 15) is 5.11 Å². The van der Waals surface area contributed by atoms with Gasteiger partial charge in [0, 0.05) is 10.6 Å². The molecule has 1 aliphatic carbocycles. The monoisotopic (exact) mass is 286 g/mol. The minimum absolute atomic E-state index is 0.312. The molecule has 0 aliphatic heterocycles. The van der Waals surface area contributed by atoms with Crippen molar-refractivity contribution in [2.45, 2.75) is 25.7 Å². The van der Waals surface area contributed by atoms with Crippen LogP contribution >= 0.6 is 27.5 Å². The van der Waals surface area contributed by atoms with Gasteiger partial charge in [-0.05, 0) is 53.7 Å². The molecular formula is C12H12BrClO. The summed E-state index contributed by atoms with van der Waals surface area (Å²) in [7, 11) is 0. The van der Waals surface area contributed by atoms with Gasteiger partial charge in [-0.25, -0.2) is 0 Å². The van der Waals surface area contributed by atoms with E-state index >= 15 is 0 Å². The zero-order valence-electron chi connectivity index (χ0n) is 8.26. The number of rotatable bonds is 2. The van der Waals surface area contributed by atoms with Gasteiger partial charge in [-0.15, -0.1) is 0 Å². The van der Waals surface area contributed by atoms with Gasteiger partial charge in [0.05, 0.1) is 4.47 Å². The molecule has 1 aromatic carbocycles. The number of halogens is 2. The van der Waals surface area contributed by atoms with Gasteiger partial charge < -0.3 is 5.11 Å². The molecule has 1 nitrogen and oxygen atoms in total. The highest BCUT2D eigenvalue weighted by Crippen LogP contribution is 2.34. The van der Waals surface area contributed by atoms with Crippen LogP contribution < -0.4 is 0 Å². The van der Waals surface area contributed by atoms with E-state index in [0.717, 1.165) is 24.8 Å². The Hall–Kier alpha value is -0.470. The van der Waals surface area contributed by atoms with Crippen LogP contribution in [0.3, 0.4) is 0 Å². The molecular weight excluding hydrogens is 275 g/mol. The van der Waals surface area contributed by atoms with Gasteiger partial charge in [-0.1, -0.05) is 23.3 Å². The number of hydrogen-bond acceptors (Lipinski definition) is 1. The van der Waals surface area contributed by atoms with Crippen LogP contribution in [0, 0.1) is 0 Å². The number of benzene rings is 1. The highest BCUT2D eigenvalue weighted by molar-refractivity contribution is 9.10. The largest absolute Gasteiger partial charge is 0.506 e. The quantitative estimate of drug-likeness (QED) is 0.796. The average Bonchev–Trinajstić information content (AvgIpc) is 2.66. The molecule has 0 bridgehead atoms. The lowest BCUT2D eigenvalue weighted by Gasteiger charge is -2.08. The van der Waals surface area contributed by atoms with E-state index in [1.165, 1.54) is 12.0 Å². The zero-order chi connectivity index (χ0) is 10.8. The second kappa shape index (κ2) is 4.58. The fourth-order valence-corrected chi connectivity index (χ4v) is 2.77. The molecule has 0 fully saturated rings. The smallest absolute Gasteiger partial charge is 0.133 e. The van der Waals surface area contributed by atoms with Crippen molar-refractivity contribution in [3.63, 3.8) is 0 Å². The maximum absolute atomic E-state index is 9.85. The summed E-state index contributed by atoms with van der Waals surface area (Å²) in [4.78, 5) is 0. The van der Waals surface area contributed by atoms with E-state index in [-0.39, 0.29) is 0 Å². The first-order chi connectivity index (χ1) is 7.16. The Morgan fingerprint density at radius 2 is 2.20 bits per heavy atom. The molecule has 0 heterocycles. The molecule has 3 heteroatoms. The first kappa shape index (κ1) is 11.0. The Kier molecular flexibility index (Phi) is 3.37. The average molecular weight is 288 g/mol. The summed E-state index contributed by atoms with van der Waals surface area (Å²) in [6.07, 6.45) is 6.61. The summed E-state index contributed by atoms with van der Waals surface area (Å²) in [6.45, 7) is 0. The minimum atomic E-state index is 0.312. The topological polar surface area (TPSA) is 20.2 Å². The van der Waals surface area contributed by atoms with Crippen molar-refractivity contribution in [1.82, 2.24) is 0 Å². The number of aromatic hydroxyl groups is 1. The zero-order valence-corrected chi connectivity index (χ0v) is 10.6. The summed E-state index contributed by atoms with van der Waals surface area (Å²) in [5.41, 5.74) is 2.31. The summed E-state index contributed by atoms with van der Waals surface area (Å²) in [5.74, 6) is 0.312. The molecule has 0 aromatic heterocycles. The molecule has 0 saturated carbocycles. The highest BCUT2D eigenvalue weighted by atomic mass is 79.9. The van der Waals surface area contributed by atoms with Gasteiger partial charge in [-0.2, -0.15) is 0 Å². The maximum atomic E-state index is 9.85. The SMILES string of the molecule is Oc1c(Br)cc(Cl)cc1CC1=CCCC1. The molecule has 0 atom stereocenters. The van der Waals surface area contributed by atoms with Gasteiger partial charge in [0.15, 0.2) is 0 Å². The van der Waals surface area contributed by atoms with Crippen molar-refractivity contribution in [2.24, 2.45) is 0 Å². The molecule has 1 aliphatic rings. The number of phenols is 1. The lowest BCUT2D eigenvalue weighted by molar-refractivity contribution is 0.465. The fraction of sp³-hybridized carbons (Fsp3) is 0.333. The molecule has 0 spiro atoms. The summed E-state index contributed by atoms with van der Waals surface area (Å²) >= 11 is 9.24. The predicted molar refractivity (Wildman–Crippen MR) is 66.5 cm³/mol. The van der Waals surface area contributed by atoms with Gasteiger partial charge in [0.1, 0.15) is 5.75 Å². The molecule has 80 valence electrons. The summed E-state index contributed by atoms with van der Waals surface area (Å²) in [6, 6.07) is 3.55. The lowest BCUT2D eigenvalue weighted by atomic mass is 10.0. The molecule has 0 saturated heterocycles. The van der Waals surface area contributed by atoms with Crippen molar-refractivity contribution >= 4 is 27.5 Å². The number of allylic oxidation sites excluding steroid dienone is 2. The summed E-state index contributed by atoms with van der Waals surface area (Å²) in [5, 5.41) is 10.5. The Morgan fingerprint density at radius 3 is 2.87 bits per heavy atom. The van der Waals surface area contributed by atoms with Crippen LogP contribution in [0.1, 0.15) is 24.8 Å². The highest BCUT2D eigenvalue weighted by Gasteiger charge is 2.11. The van der Waals surface area contributed by atoms with Crippen molar-refractivity contribution in [2.75, 3.05) is 0 Å². The fourth-order valence-electron chi connectivity index (χ4n) is 1.90. The molecule has 0 amide bonds. The number of hydrogen-bond donors (Lipinski definition) is 1. The van der Waals surface area contributed by atoms with E-state index in [4.69, 9.17) is 11.6 Å². The van der Waals surface area contributed by atoms with Crippen LogP contribution in [0.2, 0.25) is 5.02 Å². The minimum Gasteiger partial charge on any atom is -0.506 e. The van der Waals surface area contributed by atoms with Gasteiger partial charge in [-0.3, -0.25) is 0 Å². The molecule has 1 N–H and O–H groups in total. The van der Waals surface area contributed by atoms with Crippen molar-refractivity contribution in [1.29, 1.82) is 0 Å². The molecule has 1 aromatic rings. The van der Waals surface area contributed by atoms with E-state index in [2.05, 4.69) is 22.0 Å². The van der Waals surface area contributed by atoms with E-state index < -0.39 is 0 Å². The second-order valence-corrected chi connectivity index (χ2v) is 5.12. The van der Waals surface area contributed by atoms with Crippen LogP contribution in [0.15, 0.2) is 28.3 Å². The van der Waals surface area contributed by atoms with Gasteiger partial charge >= 0.3 is 0 Å². The third kappa shape index (κ3) is 2.56. The Morgan fingerprint density at radius 1 is 1.40 bits per heavy atom. The van der Waals surface area contributed by atoms with E-state index in [1.54, 1.807) is 6.07 Å². The number of phenolic OH excluding ortho intramolecular Hbond substituents is 1. The van der Waals surface area contributed by atoms with Crippen LogP contribution in [-0.4, -0.2) is 5.11 Å². The van der Waals surface area contributed by atoms with Crippen molar-refractivity contribution in [3.05, 3.63) is 38.8 Å². The van der Waals surface area contributed by atoms with Crippen LogP contribution in [0.5, 0.6) is 5.75 Å². The van der Waals surface area contributed by atoms with Crippen LogP contribution in [0.25, 0.3) is 0 Å². The van der Waals surface area contributed by atoms with E-state index in [0.29, 0.717) is 15.2 Å². The van der Waals surface area contributed by atoms with Gasteiger partial charge in [0.2, 0.25) is 0 Å². The van der Waals surface area contributed by atoms with E-state index in [1.807, 2.05) is 6.07 Å². The Labute approximate surface area is 103 Å². The van der Waals surface area contributed by atoms with Crippen LogP contribution in [0.4, 0.5) is 0 Å². The normalized spacial score (nSPS) is 15.5. The summed E-state index contributed by atoms with van der Waals surface area (Å²) < 4.78 is 0.670. The Balaban J connectivity index is 2.27.